The van der Waals surface area contributed by atoms with E-state index in [1.54, 1.807) is 17.6 Å². The van der Waals surface area contributed by atoms with Gasteiger partial charge in [-0.3, -0.25) is 4.99 Å². The number of benzene rings is 7. The van der Waals surface area contributed by atoms with Crippen LogP contribution < -0.4 is 4.68 Å². The third-order valence-corrected chi connectivity index (χ3v) is 15.0. The molecule has 0 unspecified atom stereocenters. The fourth-order valence-electron chi connectivity index (χ4n) is 9.49. The van der Waals surface area contributed by atoms with Crippen molar-refractivity contribution in [2.24, 2.45) is 50.5 Å². The van der Waals surface area contributed by atoms with Crippen LogP contribution in [0.15, 0.2) is 233 Å². The Balaban J connectivity index is 0. The smallest absolute Gasteiger partial charge is 0.464 e. The van der Waals surface area contributed by atoms with Gasteiger partial charge in [-0.2, -0.15) is 0 Å². The number of aliphatic imine (C=N–C) groups is 1. The molecule has 0 spiro atoms. The maximum absolute atomic E-state index is 5.12. The van der Waals surface area contributed by atoms with Gasteiger partial charge >= 0.3 is 17.1 Å². The molecule has 0 radical (unpaired) electrons. The van der Waals surface area contributed by atoms with Crippen LogP contribution in [0.25, 0.3) is 31.8 Å². The van der Waals surface area contributed by atoms with Crippen LogP contribution >= 0.6 is 11.3 Å². The van der Waals surface area contributed by atoms with E-state index >= 15 is 0 Å². The molecule has 6 aliphatic carbocycles. The molecule has 4 bridgehead atoms. The van der Waals surface area contributed by atoms with E-state index in [2.05, 4.69) is 319 Å². The summed E-state index contributed by atoms with van der Waals surface area (Å²) in [5.41, 5.74) is 12.9. The van der Waals surface area contributed by atoms with Crippen LogP contribution in [0.3, 0.4) is 0 Å². The minimum atomic E-state index is 0. The molecule has 0 saturated heterocycles. The first-order valence-electron chi connectivity index (χ1n) is 38.6. The summed E-state index contributed by atoms with van der Waals surface area (Å²) in [6.07, 6.45) is 27.2. The largest absolute Gasteiger partial charge is 2.00 e. The van der Waals surface area contributed by atoms with Crippen molar-refractivity contribution in [1.82, 2.24) is 0 Å². The Labute approximate surface area is 654 Å². The molecule has 10 aromatic rings. The number of pyridine rings is 1. The second-order valence-corrected chi connectivity index (χ2v) is 33.9. The molecule has 572 valence electrons. The van der Waals surface area contributed by atoms with Crippen molar-refractivity contribution in [1.29, 1.82) is 0 Å². The number of fused-ring (bicyclic) bond motifs is 5. The first-order chi connectivity index (χ1) is 48.0. The molecule has 0 N–H and O–H groups in total. The average molecular weight is 1470 g/mol. The average Bonchev–Trinajstić information content (AvgIpc) is 1.60. The Morgan fingerprint density at radius 1 is 0.385 bits per heavy atom. The van der Waals surface area contributed by atoms with Crippen molar-refractivity contribution < 1.29 is 26.2 Å². The van der Waals surface area contributed by atoms with Gasteiger partial charge in [0.25, 0.3) is 0 Å². The predicted molar refractivity (Wildman–Crippen MR) is 467 cm³/mol. The molecule has 5 heterocycles. The Kier molecular flexibility index (Phi) is 55.9. The quantitative estimate of drug-likeness (QED) is 0.0917. The van der Waals surface area contributed by atoms with Crippen LogP contribution in [0.4, 0.5) is 5.69 Å². The van der Waals surface area contributed by atoms with E-state index in [1.165, 1.54) is 130 Å². The molecule has 104 heavy (non-hydrogen) atoms. The summed E-state index contributed by atoms with van der Waals surface area (Å²) >= 11 is 1.79. The normalized spacial score (nSPS) is 12.7. The number of nitrogens with zero attached hydrogens (tertiary/aromatic N) is 3. The summed E-state index contributed by atoms with van der Waals surface area (Å²) in [4.78, 5) is 4.57. The summed E-state index contributed by atoms with van der Waals surface area (Å²) in [5.74, 6) is 3.91. The second kappa shape index (κ2) is 58.5. The Morgan fingerprint density at radius 2 is 0.721 bits per heavy atom. The van der Waals surface area contributed by atoms with Crippen molar-refractivity contribution in [2.45, 2.75) is 255 Å². The van der Waals surface area contributed by atoms with Gasteiger partial charge in [0.1, 0.15) is 5.58 Å². The molecular weight excluding hydrogens is 1320 g/mol. The number of para-hydroxylation sites is 2. The number of furan rings is 1. The summed E-state index contributed by atoms with van der Waals surface area (Å²) in [6.45, 7) is 47.9. The first kappa shape index (κ1) is 99.4. The van der Waals surface area contributed by atoms with Crippen LogP contribution in [0.5, 0.6) is 0 Å². The standard InChI is InChI=1S/C16H16.C11H13N.C10H8.C8H6O.C8H6S.C7H7N2.2C5H10.2C5H12.4C4H10.2CH3.Fe/c1-2-14-4-3-13(1)9-10-15-5-7-16(8-6-15)12-11-14;1-8(2)11-7-9-5-3-4-6-10(9)12-11;1-2-6-10-8-4-3-7-9(10)5-1;2*1-2-4-8-7(3-1)5-6-9-8;1-2-6-9-7(3-1)4-5-8-9;2*1-2-4-5-3-1;2*1-5(2,3)4;4*1-4(2)3;;;/h1-8H,9-12H2;3-6,8H,7H2,1-2H3;1-8H;2*1-6H;1-3,5-6H,4H2;2*1-5H2;2*1-4H3;4*4H,1-3H3;2*1H3;/q;;;;;+1;;;;;;;;;2*-1;+2. The van der Waals surface area contributed by atoms with Crippen LogP contribution in [0.2, 0.25) is 0 Å². The van der Waals surface area contributed by atoms with E-state index in [0.717, 1.165) is 73.2 Å². The fraction of sp³-hybridized carbons (Fsp3) is 0.459. The van der Waals surface area contributed by atoms with Crippen LogP contribution in [0.1, 0.15) is 250 Å². The van der Waals surface area contributed by atoms with Gasteiger partial charge in [-0.25, -0.2) is 0 Å². The van der Waals surface area contributed by atoms with Crippen molar-refractivity contribution in [2.75, 3.05) is 0 Å². The Morgan fingerprint density at radius 3 is 1.08 bits per heavy atom. The molecule has 6 heteroatoms. The van der Waals surface area contributed by atoms with Gasteiger partial charge in [0.15, 0.2) is 0 Å². The maximum atomic E-state index is 5.12. The van der Waals surface area contributed by atoms with E-state index in [-0.39, 0.29) is 31.9 Å². The fourth-order valence-corrected chi connectivity index (χ4v) is 10.3. The monoisotopic (exact) mass is 1470 g/mol. The summed E-state index contributed by atoms with van der Waals surface area (Å²) < 4.78 is 8.38. The number of aryl methyl sites for hydroxylation is 4. The van der Waals surface area contributed by atoms with E-state index in [9.17, 15) is 0 Å². The van der Waals surface area contributed by atoms with Crippen LogP contribution in [-0.2, 0) is 55.6 Å². The zero-order valence-corrected chi connectivity index (χ0v) is 72.0. The van der Waals surface area contributed by atoms with Crippen LogP contribution in [0, 0.1) is 55.3 Å². The van der Waals surface area contributed by atoms with E-state index in [0.29, 0.717) is 16.7 Å². The van der Waals surface area contributed by atoms with Gasteiger partial charge in [0.05, 0.1) is 24.6 Å². The topological polar surface area (TPSA) is 41.7 Å². The Bertz CT molecular complexity index is 3320. The molecule has 2 aliphatic heterocycles. The zero-order valence-electron chi connectivity index (χ0n) is 70.1. The molecule has 4 nitrogen and oxygen atoms in total. The van der Waals surface area contributed by atoms with Gasteiger partial charge in [0.2, 0.25) is 11.9 Å². The third kappa shape index (κ3) is 54.0. The molecule has 18 rings (SSSR count). The van der Waals surface area contributed by atoms with Crippen molar-refractivity contribution in [3.8, 4) is 0 Å². The van der Waals surface area contributed by atoms with Gasteiger partial charge in [-0.15, -0.1) is 11.3 Å². The minimum absolute atomic E-state index is 0. The van der Waals surface area contributed by atoms with Crippen molar-refractivity contribution in [3.05, 3.63) is 266 Å². The number of aromatic nitrogens is 1. The zero-order chi connectivity index (χ0) is 74.9. The predicted octanol–water partition coefficient (Wildman–Crippen LogP) is 30.6. The Hall–Kier alpha value is -6.69. The van der Waals surface area contributed by atoms with Crippen LogP contribution in [-0.4, -0.2) is 11.9 Å². The maximum Gasteiger partial charge on any atom is 2.00 e. The first-order valence-corrected chi connectivity index (χ1v) is 39.5. The summed E-state index contributed by atoms with van der Waals surface area (Å²) in [5, 5.41) is 11.3. The SMILES string of the molecule is C1=N[n+]2ccccc2C1.C1CCCC1.C1CCCC1.CC(C)(C)C.CC(C)(C)C.CC(C)C.CC(C)C.CC(C)C.CC(C)C.CC(C)C1=Nc2ccccc2C1.[CH3-].[CH3-].[Fe+2].c1cc2ccc1CCc1ccc(cc1)CC2.c1ccc2ccccc2c1.c1ccc2occc2c1.c1ccc2sccc2c1. The molecular formula is C98H146FeN3OS+. The van der Waals surface area contributed by atoms with Gasteiger partial charge < -0.3 is 19.3 Å². The van der Waals surface area contributed by atoms with E-state index in [4.69, 9.17) is 4.42 Å². The van der Waals surface area contributed by atoms with Crippen molar-refractivity contribution >= 4 is 60.8 Å². The molecule has 2 saturated carbocycles. The number of thiophene rings is 1. The molecule has 3 aromatic heterocycles. The van der Waals surface area contributed by atoms with E-state index < -0.39 is 0 Å². The van der Waals surface area contributed by atoms with E-state index in [1.807, 2.05) is 65.6 Å². The molecule has 2 fully saturated rings. The molecule has 8 aliphatic rings. The molecule has 0 amide bonds. The number of rotatable bonds is 1. The molecule has 7 aromatic carbocycles. The summed E-state index contributed by atoms with van der Waals surface area (Å²) in [7, 11) is 0. The number of hydrogen-bond acceptors (Lipinski definition) is 4. The molecule has 0 atom stereocenters. The van der Waals surface area contributed by atoms with Gasteiger partial charge in [-0.05, 0) is 157 Å². The van der Waals surface area contributed by atoms with Gasteiger partial charge in [0, 0.05) is 34.4 Å². The van der Waals surface area contributed by atoms with Crippen molar-refractivity contribution in [3.63, 3.8) is 0 Å². The minimum Gasteiger partial charge on any atom is -0.464 e. The van der Waals surface area contributed by atoms with Gasteiger partial charge in [-0.1, -0.05) is 373 Å². The third-order valence-electron chi connectivity index (χ3n) is 14.1. The second-order valence-electron chi connectivity index (χ2n) is 33.0. The summed E-state index contributed by atoms with van der Waals surface area (Å²) in [6, 6.07) is 69.9. The number of hydrogen-bond donors (Lipinski definition) is 0.